The summed E-state index contributed by atoms with van der Waals surface area (Å²) in [6, 6.07) is 1.27. The number of aromatic nitrogens is 6. The number of hydrogen-bond donors (Lipinski definition) is 1. The van der Waals surface area contributed by atoms with Gasteiger partial charge in [-0.2, -0.15) is 5.10 Å². The van der Waals surface area contributed by atoms with Crippen molar-refractivity contribution in [3.8, 4) is 0 Å². The van der Waals surface area contributed by atoms with Gasteiger partial charge in [-0.3, -0.25) is 14.2 Å². The normalized spacial score (nSPS) is 17.6. The Balaban J connectivity index is 1.26. The molecular formula is C21H26N8O2S2. The SMILES string of the molecule is CCSc1nc(N2CCCC2)c2cnn(CCNC(=O)CC3CSc4nccc(=O)n43)c2n1. The number of amides is 1. The lowest BCUT2D eigenvalue weighted by atomic mass is 10.2. The van der Waals surface area contributed by atoms with E-state index in [1.807, 2.05) is 10.9 Å². The Morgan fingerprint density at radius 3 is 2.97 bits per heavy atom. The van der Waals surface area contributed by atoms with Gasteiger partial charge in [0.15, 0.2) is 16.0 Å². The summed E-state index contributed by atoms with van der Waals surface area (Å²) in [6.07, 6.45) is 5.95. The van der Waals surface area contributed by atoms with E-state index in [0.29, 0.717) is 24.0 Å². The Bertz CT molecular complexity index is 1220. The van der Waals surface area contributed by atoms with Gasteiger partial charge in [-0.1, -0.05) is 30.4 Å². The predicted molar refractivity (Wildman–Crippen MR) is 129 cm³/mol. The monoisotopic (exact) mass is 486 g/mol. The van der Waals surface area contributed by atoms with E-state index in [9.17, 15) is 9.59 Å². The zero-order valence-corrected chi connectivity index (χ0v) is 20.1. The zero-order chi connectivity index (χ0) is 22.8. The first-order valence-corrected chi connectivity index (χ1v) is 13.2. The fourth-order valence-electron chi connectivity index (χ4n) is 4.28. The highest BCUT2D eigenvalue weighted by atomic mass is 32.2. The Hall–Kier alpha value is -2.60. The molecule has 0 aliphatic carbocycles. The highest BCUT2D eigenvalue weighted by molar-refractivity contribution is 7.99. The molecule has 174 valence electrons. The standard InChI is InChI=1S/C21H26N8O2S2/c1-2-32-20-25-18(27-8-3-4-9-27)15-12-24-28(19(15)26-20)10-7-22-16(30)11-14-13-33-21-23-6-5-17(31)29(14)21/h5-6,12,14H,2-4,7-11,13H2,1H3,(H,22,30). The van der Waals surface area contributed by atoms with Crippen molar-refractivity contribution in [2.75, 3.05) is 36.0 Å². The van der Waals surface area contributed by atoms with Crippen LogP contribution < -0.4 is 15.8 Å². The molecule has 1 amide bonds. The Kier molecular flexibility index (Phi) is 6.54. The van der Waals surface area contributed by atoms with Crippen molar-refractivity contribution < 1.29 is 4.79 Å². The zero-order valence-electron chi connectivity index (χ0n) is 18.4. The first-order chi connectivity index (χ1) is 16.1. The van der Waals surface area contributed by atoms with E-state index in [1.54, 1.807) is 16.3 Å². The lowest BCUT2D eigenvalue weighted by Crippen LogP contribution is -2.32. The van der Waals surface area contributed by atoms with Crippen LogP contribution in [-0.2, 0) is 11.3 Å². The van der Waals surface area contributed by atoms with E-state index < -0.39 is 0 Å². The molecule has 5 rings (SSSR count). The van der Waals surface area contributed by atoms with Crippen molar-refractivity contribution >= 4 is 46.3 Å². The van der Waals surface area contributed by atoms with Gasteiger partial charge in [0.1, 0.15) is 5.82 Å². The molecule has 0 bridgehead atoms. The van der Waals surface area contributed by atoms with E-state index in [4.69, 9.17) is 9.97 Å². The highest BCUT2D eigenvalue weighted by Gasteiger charge is 2.26. The van der Waals surface area contributed by atoms with Gasteiger partial charge in [0.05, 0.1) is 24.2 Å². The second kappa shape index (κ2) is 9.72. The van der Waals surface area contributed by atoms with E-state index >= 15 is 0 Å². The number of carbonyl (C=O) groups excluding carboxylic acids is 1. The van der Waals surface area contributed by atoms with Crippen LogP contribution in [0.5, 0.6) is 0 Å². The summed E-state index contributed by atoms with van der Waals surface area (Å²) in [5.74, 6) is 2.45. The summed E-state index contributed by atoms with van der Waals surface area (Å²) >= 11 is 3.13. The molecule has 3 aromatic rings. The van der Waals surface area contributed by atoms with Crippen LogP contribution in [-0.4, -0.2) is 66.3 Å². The number of thioether (sulfide) groups is 2. The summed E-state index contributed by atoms with van der Waals surface area (Å²) in [7, 11) is 0. The van der Waals surface area contributed by atoms with Crippen molar-refractivity contribution in [2.24, 2.45) is 0 Å². The summed E-state index contributed by atoms with van der Waals surface area (Å²) in [5, 5.41) is 9.90. The lowest BCUT2D eigenvalue weighted by Gasteiger charge is -2.18. The fourth-order valence-corrected chi connectivity index (χ4v) is 5.96. The number of anilines is 1. The number of fused-ring (bicyclic) bond motifs is 2. The Morgan fingerprint density at radius 1 is 1.30 bits per heavy atom. The fraction of sp³-hybridized carbons (Fsp3) is 0.524. The lowest BCUT2D eigenvalue weighted by molar-refractivity contribution is -0.121. The van der Waals surface area contributed by atoms with Gasteiger partial charge in [0.2, 0.25) is 5.91 Å². The molecule has 1 N–H and O–H groups in total. The topological polar surface area (TPSA) is 111 Å². The molecule has 10 nitrogen and oxygen atoms in total. The Labute approximate surface area is 199 Å². The maximum absolute atomic E-state index is 12.6. The van der Waals surface area contributed by atoms with Gasteiger partial charge >= 0.3 is 0 Å². The molecule has 1 fully saturated rings. The van der Waals surface area contributed by atoms with Gasteiger partial charge in [0, 0.05) is 44.1 Å². The Morgan fingerprint density at radius 2 is 2.15 bits per heavy atom. The van der Waals surface area contributed by atoms with E-state index in [1.165, 1.54) is 36.9 Å². The van der Waals surface area contributed by atoms with Crippen LogP contribution in [0, 0.1) is 0 Å². The summed E-state index contributed by atoms with van der Waals surface area (Å²) in [4.78, 5) is 40.8. The van der Waals surface area contributed by atoms with E-state index in [2.05, 4.69) is 27.2 Å². The van der Waals surface area contributed by atoms with Gasteiger partial charge in [-0.15, -0.1) is 0 Å². The summed E-state index contributed by atoms with van der Waals surface area (Å²) in [5.41, 5.74) is 0.691. The minimum Gasteiger partial charge on any atom is -0.356 e. The van der Waals surface area contributed by atoms with Crippen molar-refractivity contribution in [3.63, 3.8) is 0 Å². The minimum atomic E-state index is -0.166. The molecule has 0 radical (unpaired) electrons. The smallest absolute Gasteiger partial charge is 0.254 e. The second-order valence-electron chi connectivity index (χ2n) is 8.02. The number of nitrogens with zero attached hydrogens (tertiary/aromatic N) is 7. The van der Waals surface area contributed by atoms with Crippen molar-refractivity contribution in [1.82, 2.24) is 34.6 Å². The van der Waals surface area contributed by atoms with Crippen molar-refractivity contribution in [2.45, 2.75) is 49.1 Å². The first-order valence-electron chi connectivity index (χ1n) is 11.2. The van der Waals surface area contributed by atoms with Gasteiger partial charge < -0.3 is 10.2 Å². The molecule has 0 aromatic carbocycles. The third-order valence-corrected chi connectivity index (χ3v) is 7.66. The van der Waals surface area contributed by atoms with Crippen LogP contribution in [0.3, 0.4) is 0 Å². The second-order valence-corrected chi connectivity index (χ2v) is 10.2. The molecule has 1 unspecified atom stereocenters. The molecule has 0 saturated carbocycles. The van der Waals surface area contributed by atoms with Crippen LogP contribution in [0.4, 0.5) is 5.82 Å². The number of carbonyl (C=O) groups is 1. The molecule has 3 aromatic heterocycles. The van der Waals surface area contributed by atoms with Crippen LogP contribution in [0.25, 0.3) is 11.0 Å². The van der Waals surface area contributed by atoms with Gasteiger partial charge in [0.25, 0.3) is 5.56 Å². The molecular weight excluding hydrogens is 460 g/mol. The number of rotatable bonds is 8. The minimum absolute atomic E-state index is 0.0877. The summed E-state index contributed by atoms with van der Waals surface area (Å²) < 4.78 is 3.46. The van der Waals surface area contributed by atoms with Gasteiger partial charge in [-0.05, 0) is 18.6 Å². The van der Waals surface area contributed by atoms with Crippen LogP contribution in [0.15, 0.2) is 33.6 Å². The molecule has 2 aliphatic rings. The van der Waals surface area contributed by atoms with E-state index in [-0.39, 0.29) is 23.9 Å². The molecule has 2 aliphatic heterocycles. The van der Waals surface area contributed by atoms with Crippen LogP contribution in [0.1, 0.15) is 32.2 Å². The predicted octanol–water partition coefficient (Wildman–Crippen LogP) is 1.95. The molecule has 5 heterocycles. The molecule has 0 spiro atoms. The highest BCUT2D eigenvalue weighted by Crippen LogP contribution is 2.31. The van der Waals surface area contributed by atoms with Crippen LogP contribution >= 0.6 is 23.5 Å². The average Bonchev–Trinajstić information content (AvgIpc) is 3.55. The molecule has 33 heavy (non-hydrogen) atoms. The largest absolute Gasteiger partial charge is 0.356 e. The molecule has 12 heteroatoms. The summed E-state index contributed by atoms with van der Waals surface area (Å²) in [6.45, 7) is 5.05. The van der Waals surface area contributed by atoms with Crippen molar-refractivity contribution in [3.05, 3.63) is 28.8 Å². The third-order valence-electron chi connectivity index (χ3n) is 5.82. The van der Waals surface area contributed by atoms with Crippen LogP contribution in [0.2, 0.25) is 0 Å². The third kappa shape index (κ3) is 4.58. The van der Waals surface area contributed by atoms with E-state index in [0.717, 1.165) is 40.9 Å². The number of nitrogens with one attached hydrogen (secondary N) is 1. The van der Waals surface area contributed by atoms with Gasteiger partial charge in [-0.25, -0.2) is 19.6 Å². The maximum Gasteiger partial charge on any atom is 0.254 e. The first kappa shape index (κ1) is 22.2. The maximum atomic E-state index is 12.6. The molecule has 1 atom stereocenters. The quantitative estimate of drug-likeness (QED) is 0.377. The average molecular weight is 487 g/mol. The van der Waals surface area contributed by atoms with Crippen molar-refractivity contribution in [1.29, 1.82) is 0 Å². The number of hydrogen-bond acceptors (Lipinski definition) is 9. The molecule has 1 saturated heterocycles.